The summed E-state index contributed by atoms with van der Waals surface area (Å²) < 4.78 is 52.8. The largest absolute Gasteiger partial charge is 0.455 e. The number of hydrogen-bond donors (Lipinski definition) is 0. The Balaban J connectivity index is 2.66. The molecule has 3 atom stereocenters. The van der Waals surface area contributed by atoms with Gasteiger partial charge in [0.25, 0.3) is 0 Å². The average Bonchev–Trinajstić information content (AvgIpc) is 2.68. The monoisotopic (exact) mass is 240 g/mol. The molecule has 2 nitrogen and oxygen atoms in total. The van der Waals surface area contributed by atoms with Crippen molar-refractivity contribution in [3.63, 3.8) is 0 Å². The predicted molar refractivity (Wildman–Crippen MR) is 48.3 cm³/mol. The lowest BCUT2D eigenvalue weighted by molar-refractivity contribution is -0.189. The van der Waals surface area contributed by atoms with Gasteiger partial charge in [-0.1, -0.05) is 19.1 Å². The number of esters is 1. The van der Waals surface area contributed by atoms with Crippen molar-refractivity contribution in [3.05, 3.63) is 12.2 Å². The van der Waals surface area contributed by atoms with Crippen molar-refractivity contribution in [1.82, 2.24) is 0 Å². The molecule has 1 aliphatic rings. The van der Waals surface area contributed by atoms with Crippen LogP contribution < -0.4 is 0 Å². The summed E-state index contributed by atoms with van der Waals surface area (Å²) in [6.45, 7) is 1.35. The molecule has 1 fully saturated rings. The van der Waals surface area contributed by atoms with Crippen molar-refractivity contribution in [2.45, 2.75) is 26.2 Å². The first-order chi connectivity index (χ1) is 7.25. The van der Waals surface area contributed by atoms with E-state index in [1.165, 1.54) is 19.1 Å². The molecule has 1 rings (SSSR count). The number of ether oxygens (including phenoxy) is 1. The van der Waals surface area contributed by atoms with Gasteiger partial charge < -0.3 is 4.74 Å². The van der Waals surface area contributed by atoms with E-state index in [9.17, 15) is 22.4 Å². The third kappa shape index (κ3) is 2.20. The molecule has 0 N–H and O–H groups in total. The summed E-state index contributed by atoms with van der Waals surface area (Å²) in [5.41, 5.74) is -1.51. The van der Waals surface area contributed by atoms with Crippen LogP contribution in [-0.2, 0) is 9.53 Å². The average molecular weight is 240 g/mol. The molecule has 1 aliphatic carbocycles. The molecule has 6 heteroatoms. The van der Waals surface area contributed by atoms with Crippen molar-refractivity contribution in [3.8, 4) is 0 Å². The summed E-state index contributed by atoms with van der Waals surface area (Å²) in [7, 11) is 0. The minimum atomic E-state index is -4.59. The van der Waals surface area contributed by atoms with E-state index in [1.54, 1.807) is 6.92 Å². The van der Waals surface area contributed by atoms with Crippen molar-refractivity contribution >= 4 is 5.97 Å². The standard InChI is InChI=1S/C10H12F4O2/c1-3-4-9(6(2)7(9)11)8(15)16-5-10(12,13)14/h3-4,6-7H,5H2,1-2H3/b4-3-/t6?,7-,9?/m0/s1. The van der Waals surface area contributed by atoms with Gasteiger partial charge in [-0.3, -0.25) is 4.79 Å². The third-order valence-corrected chi connectivity index (χ3v) is 2.70. The van der Waals surface area contributed by atoms with Crippen molar-refractivity contribution in [2.75, 3.05) is 6.61 Å². The van der Waals surface area contributed by atoms with Crippen LogP contribution in [0, 0.1) is 11.3 Å². The van der Waals surface area contributed by atoms with E-state index in [1.807, 2.05) is 0 Å². The van der Waals surface area contributed by atoms with E-state index in [0.29, 0.717) is 0 Å². The van der Waals surface area contributed by atoms with E-state index in [4.69, 9.17) is 0 Å². The van der Waals surface area contributed by atoms with Gasteiger partial charge >= 0.3 is 12.1 Å². The lowest BCUT2D eigenvalue weighted by Crippen LogP contribution is -2.27. The summed E-state index contributed by atoms with van der Waals surface area (Å²) in [6, 6.07) is 0. The maximum atomic E-state index is 13.2. The van der Waals surface area contributed by atoms with Crippen molar-refractivity contribution in [2.24, 2.45) is 11.3 Å². The van der Waals surface area contributed by atoms with Crippen LogP contribution in [0.3, 0.4) is 0 Å². The van der Waals surface area contributed by atoms with Gasteiger partial charge in [0.05, 0.1) is 0 Å². The highest BCUT2D eigenvalue weighted by Crippen LogP contribution is 2.57. The van der Waals surface area contributed by atoms with Crippen LogP contribution in [0.25, 0.3) is 0 Å². The molecule has 0 spiro atoms. The van der Waals surface area contributed by atoms with Gasteiger partial charge in [0.15, 0.2) is 6.61 Å². The zero-order chi connectivity index (χ0) is 12.6. The van der Waals surface area contributed by atoms with E-state index in [2.05, 4.69) is 4.74 Å². The number of carbonyl (C=O) groups excluding carboxylic acids is 1. The Labute approximate surface area is 90.3 Å². The fraction of sp³-hybridized carbons (Fsp3) is 0.700. The van der Waals surface area contributed by atoms with Crippen LogP contribution in [-0.4, -0.2) is 24.9 Å². The molecule has 16 heavy (non-hydrogen) atoms. The SMILES string of the molecule is C/C=C\C1(C(=O)OCC(F)(F)F)C(C)[C@@H]1F. The molecule has 0 heterocycles. The summed E-state index contributed by atoms with van der Waals surface area (Å²) in [4.78, 5) is 11.4. The molecule has 0 aromatic carbocycles. The second-order valence-electron chi connectivity index (χ2n) is 3.81. The number of halogens is 4. The molecule has 0 aromatic rings. The van der Waals surface area contributed by atoms with Gasteiger partial charge in [0.2, 0.25) is 0 Å². The Hall–Kier alpha value is -1.07. The number of carbonyl (C=O) groups is 1. The third-order valence-electron chi connectivity index (χ3n) is 2.70. The van der Waals surface area contributed by atoms with E-state index < -0.39 is 36.3 Å². The highest BCUT2D eigenvalue weighted by molar-refractivity contribution is 5.84. The fourth-order valence-corrected chi connectivity index (χ4v) is 1.69. The summed E-state index contributed by atoms with van der Waals surface area (Å²) in [5, 5.41) is 0. The highest BCUT2D eigenvalue weighted by Gasteiger charge is 2.68. The Morgan fingerprint density at radius 2 is 2.00 bits per heavy atom. The summed E-state index contributed by atoms with van der Waals surface area (Å²) >= 11 is 0. The zero-order valence-electron chi connectivity index (χ0n) is 8.84. The first-order valence-corrected chi connectivity index (χ1v) is 4.77. The van der Waals surface area contributed by atoms with Gasteiger partial charge in [0.1, 0.15) is 11.6 Å². The normalized spacial score (nSPS) is 34.1. The highest BCUT2D eigenvalue weighted by atomic mass is 19.4. The van der Waals surface area contributed by atoms with Gasteiger partial charge in [0, 0.05) is 5.92 Å². The van der Waals surface area contributed by atoms with Crippen LogP contribution in [0.15, 0.2) is 12.2 Å². The molecule has 0 bridgehead atoms. The van der Waals surface area contributed by atoms with Crippen LogP contribution in [0.5, 0.6) is 0 Å². The minimum Gasteiger partial charge on any atom is -0.455 e. The minimum absolute atomic E-state index is 0.635. The van der Waals surface area contributed by atoms with Gasteiger partial charge in [-0.15, -0.1) is 0 Å². The molecule has 0 aliphatic heterocycles. The lowest BCUT2D eigenvalue weighted by atomic mass is 10.0. The number of alkyl halides is 4. The Morgan fingerprint density at radius 3 is 2.31 bits per heavy atom. The number of allylic oxidation sites excluding steroid dienone is 1. The van der Waals surface area contributed by atoms with Crippen LogP contribution >= 0.6 is 0 Å². The molecule has 0 saturated heterocycles. The van der Waals surface area contributed by atoms with Crippen LogP contribution in [0.4, 0.5) is 17.6 Å². The molecule has 1 saturated carbocycles. The second kappa shape index (κ2) is 4.07. The van der Waals surface area contributed by atoms with Crippen LogP contribution in [0.1, 0.15) is 13.8 Å². The smallest absolute Gasteiger partial charge is 0.422 e. The van der Waals surface area contributed by atoms with E-state index in [-0.39, 0.29) is 0 Å². The van der Waals surface area contributed by atoms with E-state index in [0.717, 1.165) is 0 Å². The molecular formula is C10H12F4O2. The topological polar surface area (TPSA) is 26.3 Å². The van der Waals surface area contributed by atoms with Crippen LogP contribution in [0.2, 0.25) is 0 Å². The van der Waals surface area contributed by atoms with Gasteiger partial charge in [-0.2, -0.15) is 13.2 Å². The Bertz CT molecular complexity index is 300. The number of rotatable bonds is 3. The summed E-state index contributed by atoms with van der Waals surface area (Å²) in [6.07, 6.45) is -3.35. The molecule has 0 radical (unpaired) electrons. The second-order valence-corrected chi connectivity index (χ2v) is 3.81. The molecule has 0 amide bonds. The first kappa shape index (κ1) is 13.0. The summed E-state index contributed by atoms with van der Waals surface area (Å²) in [5.74, 6) is -1.78. The zero-order valence-corrected chi connectivity index (χ0v) is 8.84. The maximum Gasteiger partial charge on any atom is 0.422 e. The molecule has 0 aromatic heterocycles. The molecule has 2 unspecified atom stereocenters. The molecular weight excluding hydrogens is 228 g/mol. The van der Waals surface area contributed by atoms with Gasteiger partial charge in [-0.25, -0.2) is 4.39 Å². The molecule has 92 valence electrons. The van der Waals surface area contributed by atoms with Crippen molar-refractivity contribution in [1.29, 1.82) is 0 Å². The van der Waals surface area contributed by atoms with Crippen molar-refractivity contribution < 1.29 is 27.1 Å². The Kier molecular flexibility index (Phi) is 3.30. The van der Waals surface area contributed by atoms with E-state index >= 15 is 0 Å². The lowest BCUT2D eigenvalue weighted by Gasteiger charge is -2.12. The Morgan fingerprint density at radius 1 is 1.50 bits per heavy atom. The fourth-order valence-electron chi connectivity index (χ4n) is 1.69. The quantitative estimate of drug-likeness (QED) is 0.430. The maximum absolute atomic E-state index is 13.2. The first-order valence-electron chi connectivity index (χ1n) is 4.77. The predicted octanol–water partition coefficient (Wildman–Crippen LogP) is 2.64. The van der Waals surface area contributed by atoms with Gasteiger partial charge in [-0.05, 0) is 6.92 Å². The number of hydrogen-bond acceptors (Lipinski definition) is 2.